The number of benzene rings is 1. The zero-order chi connectivity index (χ0) is 14.7. The topological polar surface area (TPSA) is 80.7 Å². The van der Waals surface area contributed by atoms with Crippen molar-refractivity contribution in [3.8, 4) is 5.88 Å². The Labute approximate surface area is 123 Å². The lowest BCUT2D eigenvalue weighted by atomic mass is 9.89. The van der Waals surface area contributed by atoms with E-state index in [9.17, 15) is 0 Å². The van der Waals surface area contributed by atoms with Crippen molar-refractivity contribution in [3.05, 3.63) is 59.3 Å². The quantitative estimate of drug-likeness (QED) is 0.393. The van der Waals surface area contributed by atoms with Gasteiger partial charge in [0.1, 0.15) is 6.10 Å². The van der Waals surface area contributed by atoms with Crippen molar-refractivity contribution in [1.82, 2.24) is 4.98 Å². The molecule has 21 heavy (non-hydrogen) atoms. The van der Waals surface area contributed by atoms with Crippen LogP contribution in [0.4, 0.5) is 0 Å². The number of ether oxygens (including phenoxy) is 1. The molecule has 0 amide bonds. The van der Waals surface area contributed by atoms with Gasteiger partial charge in [0.2, 0.25) is 5.88 Å². The zero-order valence-electron chi connectivity index (χ0n) is 11.6. The standard InChI is InChI=1S/C16H17N3O2/c17-16(19-20)12-8-9-15(18-10-12)21-14-7-3-5-11-4-1-2-6-13(11)14/h1-2,4,6,8-10,14,20H,3,5,7H2,(H2,17,19). The molecule has 0 spiro atoms. The first-order valence-corrected chi connectivity index (χ1v) is 6.96. The molecule has 1 atom stereocenters. The van der Waals surface area contributed by atoms with Crippen LogP contribution in [-0.4, -0.2) is 16.0 Å². The number of aromatic nitrogens is 1. The second-order valence-electron chi connectivity index (χ2n) is 5.07. The molecule has 0 fully saturated rings. The fourth-order valence-electron chi connectivity index (χ4n) is 2.64. The molecule has 2 aromatic rings. The van der Waals surface area contributed by atoms with E-state index in [1.165, 1.54) is 11.1 Å². The number of rotatable bonds is 3. The van der Waals surface area contributed by atoms with Crippen molar-refractivity contribution in [2.24, 2.45) is 10.9 Å². The minimum absolute atomic E-state index is 0.0389. The molecule has 3 rings (SSSR count). The summed E-state index contributed by atoms with van der Waals surface area (Å²) in [5.74, 6) is 0.586. The van der Waals surface area contributed by atoms with Crippen molar-refractivity contribution in [2.45, 2.75) is 25.4 Å². The minimum atomic E-state index is 0.0389. The Balaban J connectivity index is 1.79. The van der Waals surface area contributed by atoms with Gasteiger partial charge in [0.15, 0.2) is 5.84 Å². The van der Waals surface area contributed by atoms with E-state index in [-0.39, 0.29) is 11.9 Å². The van der Waals surface area contributed by atoms with E-state index >= 15 is 0 Å². The van der Waals surface area contributed by atoms with E-state index in [4.69, 9.17) is 15.7 Å². The van der Waals surface area contributed by atoms with Crippen molar-refractivity contribution in [3.63, 3.8) is 0 Å². The number of hydrogen-bond donors (Lipinski definition) is 2. The summed E-state index contributed by atoms with van der Waals surface area (Å²) in [6.45, 7) is 0. The molecule has 5 heteroatoms. The van der Waals surface area contributed by atoms with E-state index in [0.29, 0.717) is 11.4 Å². The maximum absolute atomic E-state index is 8.63. The summed E-state index contributed by atoms with van der Waals surface area (Å²) in [6.07, 6.45) is 4.78. The summed E-state index contributed by atoms with van der Waals surface area (Å²) in [7, 11) is 0. The van der Waals surface area contributed by atoms with Crippen LogP contribution in [0, 0.1) is 0 Å². The number of fused-ring (bicyclic) bond motifs is 1. The lowest BCUT2D eigenvalue weighted by molar-refractivity contribution is 0.176. The Morgan fingerprint density at radius 3 is 2.90 bits per heavy atom. The van der Waals surface area contributed by atoms with Crippen LogP contribution in [0.3, 0.4) is 0 Å². The molecule has 3 N–H and O–H groups in total. The molecule has 108 valence electrons. The van der Waals surface area contributed by atoms with Gasteiger partial charge in [0.25, 0.3) is 0 Å². The highest BCUT2D eigenvalue weighted by Gasteiger charge is 2.21. The van der Waals surface area contributed by atoms with Gasteiger partial charge in [-0.15, -0.1) is 0 Å². The molecule has 0 saturated carbocycles. The van der Waals surface area contributed by atoms with Gasteiger partial charge in [-0.25, -0.2) is 4.98 Å². The van der Waals surface area contributed by atoms with E-state index in [2.05, 4.69) is 28.3 Å². The third-order valence-electron chi connectivity index (χ3n) is 3.72. The second-order valence-corrected chi connectivity index (χ2v) is 5.07. The van der Waals surface area contributed by atoms with Crippen LogP contribution >= 0.6 is 0 Å². The van der Waals surface area contributed by atoms with Crippen molar-refractivity contribution >= 4 is 5.84 Å². The van der Waals surface area contributed by atoms with E-state index < -0.39 is 0 Å². The highest BCUT2D eigenvalue weighted by molar-refractivity contribution is 5.96. The largest absolute Gasteiger partial charge is 0.469 e. The number of amidine groups is 1. The molecule has 0 bridgehead atoms. The molecule has 1 aromatic heterocycles. The molecule has 0 saturated heterocycles. The van der Waals surface area contributed by atoms with Gasteiger partial charge >= 0.3 is 0 Å². The summed E-state index contributed by atoms with van der Waals surface area (Å²) in [6, 6.07) is 11.8. The van der Waals surface area contributed by atoms with Gasteiger partial charge < -0.3 is 15.7 Å². The molecule has 1 unspecified atom stereocenters. The highest BCUT2D eigenvalue weighted by atomic mass is 16.5. The fraction of sp³-hybridized carbons (Fsp3) is 0.250. The lowest BCUT2D eigenvalue weighted by Crippen LogP contribution is -2.16. The number of nitrogens with zero attached hydrogens (tertiary/aromatic N) is 2. The van der Waals surface area contributed by atoms with E-state index in [1.54, 1.807) is 18.3 Å². The maximum Gasteiger partial charge on any atom is 0.213 e. The summed E-state index contributed by atoms with van der Waals surface area (Å²) in [5, 5.41) is 11.6. The van der Waals surface area contributed by atoms with Crippen LogP contribution in [-0.2, 0) is 6.42 Å². The fourth-order valence-corrected chi connectivity index (χ4v) is 2.64. The molecule has 1 aliphatic rings. The van der Waals surface area contributed by atoms with Gasteiger partial charge in [-0.2, -0.15) is 0 Å². The predicted molar refractivity (Wildman–Crippen MR) is 79.5 cm³/mol. The normalized spacial score (nSPS) is 18.1. The number of hydrogen-bond acceptors (Lipinski definition) is 4. The number of pyridine rings is 1. The summed E-state index contributed by atoms with van der Waals surface area (Å²) in [5.41, 5.74) is 8.67. The van der Waals surface area contributed by atoms with Gasteiger partial charge in [0, 0.05) is 17.8 Å². The number of nitrogens with two attached hydrogens (primary N) is 1. The van der Waals surface area contributed by atoms with Crippen molar-refractivity contribution < 1.29 is 9.94 Å². The van der Waals surface area contributed by atoms with E-state index in [0.717, 1.165) is 19.3 Å². The van der Waals surface area contributed by atoms with Crippen LogP contribution in [0.2, 0.25) is 0 Å². The number of oxime groups is 1. The molecule has 1 aliphatic carbocycles. The Hall–Kier alpha value is -2.56. The average molecular weight is 283 g/mol. The van der Waals surface area contributed by atoms with Crippen LogP contribution < -0.4 is 10.5 Å². The monoisotopic (exact) mass is 283 g/mol. The minimum Gasteiger partial charge on any atom is -0.469 e. The smallest absolute Gasteiger partial charge is 0.213 e. The zero-order valence-corrected chi connectivity index (χ0v) is 11.6. The van der Waals surface area contributed by atoms with Gasteiger partial charge in [-0.1, -0.05) is 29.4 Å². The molecule has 1 heterocycles. The number of aryl methyl sites for hydroxylation is 1. The Bertz CT molecular complexity index is 653. The first kappa shape index (κ1) is 13.4. The lowest BCUT2D eigenvalue weighted by Gasteiger charge is -2.25. The summed E-state index contributed by atoms with van der Waals surface area (Å²) in [4.78, 5) is 4.22. The summed E-state index contributed by atoms with van der Waals surface area (Å²) >= 11 is 0. The SMILES string of the molecule is N/C(=N\O)c1ccc(OC2CCCc3ccccc32)nc1. The van der Waals surface area contributed by atoms with Crippen molar-refractivity contribution in [2.75, 3.05) is 0 Å². The molecule has 0 aliphatic heterocycles. The van der Waals surface area contributed by atoms with Gasteiger partial charge in [-0.05, 0) is 36.5 Å². The Morgan fingerprint density at radius 1 is 1.29 bits per heavy atom. The third kappa shape index (κ3) is 2.81. The predicted octanol–water partition coefficient (Wildman–Crippen LogP) is 2.63. The first-order chi connectivity index (χ1) is 10.3. The highest BCUT2D eigenvalue weighted by Crippen LogP contribution is 2.32. The van der Waals surface area contributed by atoms with Crippen LogP contribution in [0.5, 0.6) is 5.88 Å². The van der Waals surface area contributed by atoms with Crippen molar-refractivity contribution in [1.29, 1.82) is 0 Å². The van der Waals surface area contributed by atoms with Crippen LogP contribution in [0.25, 0.3) is 0 Å². The molecule has 5 nitrogen and oxygen atoms in total. The average Bonchev–Trinajstić information content (AvgIpc) is 2.55. The van der Waals surface area contributed by atoms with Crippen LogP contribution in [0.1, 0.15) is 35.6 Å². The third-order valence-corrected chi connectivity index (χ3v) is 3.72. The molecular weight excluding hydrogens is 266 g/mol. The van der Waals surface area contributed by atoms with Gasteiger partial charge in [-0.3, -0.25) is 0 Å². The molecule has 0 radical (unpaired) electrons. The van der Waals surface area contributed by atoms with E-state index in [1.807, 2.05) is 6.07 Å². The van der Waals surface area contributed by atoms with Gasteiger partial charge in [0.05, 0.1) is 0 Å². The Kier molecular flexibility index (Phi) is 3.73. The van der Waals surface area contributed by atoms with Crippen LogP contribution in [0.15, 0.2) is 47.8 Å². The molecule has 1 aromatic carbocycles. The summed E-state index contributed by atoms with van der Waals surface area (Å²) < 4.78 is 6.00. The Morgan fingerprint density at radius 2 is 2.14 bits per heavy atom. The second kappa shape index (κ2) is 5.83. The molecular formula is C16H17N3O2. The maximum atomic E-state index is 8.63. The first-order valence-electron chi connectivity index (χ1n) is 6.96.